The van der Waals surface area contributed by atoms with E-state index in [9.17, 15) is 0 Å². The molecule has 0 saturated heterocycles. The molecule has 0 fully saturated rings. The number of nitrogens with one attached hydrogen (secondary N) is 2. The van der Waals surface area contributed by atoms with Gasteiger partial charge < -0.3 is 37.2 Å². The van der Waals surface area contributed by atoms with Crippen molar-refractivity contribution in [2.75, 3.05) is 26.2 Å². The molecule has 0 aliphatic heterocycles. The first-order valence-electron chi connectivity index (χ1n) is 5.59. The first kappa shape index (κ1) is 37.8. The topological polar surface area (TPSA) is 211 Å². The van der Waals surface area contributed by atoms with Gasteiger partial charge >= 0.3 is 17.1 Å². The van der Waals surface area contributed by atoms with E-state index in [2.05, 4.69) is 33.0 Å². The van der Waals surface area contributed by atoms with Crippen LogP contribution in [0, 0.1) is 27.7 Å². The molecule has 8 N–H and O–H groups in total. The Balaban J connectivity index is -0.0000000429. The smallest absolute Gasteiger partial charge is 0.676 e. The molecule has 1 radical (unpaired) electrons. The fourth-order valence-corrected chi connectivity index (χ4v) is 0.315. The van der Waals surface area contributed by atoms with Gasteiger partial charge in [0, 0.05) is 13.1 Å². The van der Waals surface area contributed by atoms with E-state index in [1.165, 1.54) is 0 Å². The van der Waals surface area contributed by atoms with Crippen LogP contribution < -0.4 is 11.1 Å². The van der Waals surface area contributed by atoms with Crippen molar-refractivity contribution in [3.63, 3.8) is 0 Å². The number of aliphatic carboxylic acids is 4. The second-order valence-electron chi connectivity index (χ2n) is 2.86. The molecular weight excluding hydrogens is 370 g/mol. The van der Waals surface area contributed by atoms with Gasteiger partial charge in [-0.25, -0.2) is 0 Å². The number of carboxylic acid groups (broad SMARTS) is 4. The van der Waals surface area contributed by atoms with Gasteiger partial charge in [0.2, 0.25) is 0 Å². The van der Waals surface area contributed by atoms with E-state index < -0.39 is 23.9 Å². The van der Waals surface area contributed by atoms with Crippen molar-refractivity contribution >= 4 is 23.9 Å². The standard InChI is InChI=1S/C4H12N3.4C2H3O2.Fe/c5-1-3-7-4-2-6;4*1-2(3)4;/h5,7H,1-4,6H2;4*1H2,(H,3,4);/q5*-1;+5. The van der Waals surface area contributed by atoms with E-state index in [4.69, 9.17) is 51.1 Å². The summed E-state index contributed by atoms with van der Waals surface area (Å²) >= 11 is 0. The third kappa shape index (κ3) is 2250. The average Bonchev–Trinajstić information content (AvgIpc) is 2.26. The first-order chi connectivity index (χ1) is 10.3. The fraction of sp³-hybridized carbons (Fsp3) is 0.333. The van der Waals surface area contributed by atoms with Crippen molar-refractivity contribution < 1.29 is 56.7 Å². The number of carbonyl (C=O) groups is 4. The number of carboxylic acids is 4. The van der Waals surface area contributed by atoms with Crippen LogP contribution in [0.25, 0.3) is 5.73 Å². The SMILES string of the molecule is [CH2-]C(=O)O.[CH2-]C(=O)O.[CH2-]C(=O)O.[CH2-]C(=O)O.[Fe+5].[NH-]CCNCCN. The number of hydrogen-bond donors (Lipinski definition) is 6. The van der Waals surface area contributed by atoms with E-state index in [1.807, 2.05) is 0 Å². The molecule has 0 aromatic rings. The third-order valence-electron chi connectivity index (χ3n) is 0.623. The molecular formula is C12H24FeN3O8. The molecule has 24 heavy (non-hydrogen) atoms. The maximum Gasteiger partial charge on any atom is 5.00 e. The van der Waals surface area contributed by atoms with Crippen molar-refractivity contribution in [3.05, 3.63) is 33.4 Å². The van der Waals surface area contributed by atoms with Gasteiger partial charge in [-0.1, -0.05) is 0 Å². The van der Waals surface area contributed by atoms with Crippen LogP contribution in [-0.2, 0) is 36.2 Å². The Hall–Kier alpha value is -2.24. The first-order valence-corrected chi connectivity index (χ1v) is 5.59. The molecule has 0 saturated carbocycles. The molecule has 0 aromatic heterocycles. The van der Waals surface area contributed by atoms with Crippen molar-refractivity contribution in [1.82, 2.24) is 5.32 Å². The Labute approximate surface area is 151 Å². The van der Waals surface area contributed by atoms with E-state index in [0.717, 1.165) is 13.1 Å². The molecule has 0 atom stereocenters. The van der Waals surface area contributed by atoms with E-state index in [-0.39, 0.29) is 17.1 Å². The number of rotatable bonds is 4. The Morgan fingerprint density at radius 3 is 1.12 bits per heavy atom. The Kier molecular flexibility index (Phi) is 58.5. The molecule has 143 valence electrons. The van der Waals surface area contributed by atoms with Gasteiger partial charge in [-0.05, 0) is 6.54 Å². The van der Waals surface area contributed by atoms with Gasteiger partial charge in [-0.2, -0.15) is 0 Å². The zero-order valence-corrected chi connectivity index (χ0v) is 14.1. The molecule has 0 aliphatic rings. The molecule has 0 aliphatic carbocycles. The quantitative estimate of drug-likeness (QED) is 0.198. The summed E-state index contributed by atoms with van der Waals surface area (Å²) in [5.41, 5.74) is 11.8. The van der Waals surface area contributed by atoms with Gasteiger partial charge in [-0.15, -0.1) is 6.54 Å². The van der Waals surface area contributed by atoms with Gasteiger partial charge in [0.05, 0.1) is 0 Å². The summed E-state index contributed by atoms with van der Waals surface area (Å²) in [6.07, 6.45) is 0. The second-order valence-corrected chi connectivity index (χ2v) is 2.86. The van der Waals surface area contributed by atoms with E-state index >= 15 is 0 Å². The van der Waals surface area contributed by atoms with Crippen LogP contribution in [0.2, 0.25) is 0 Å². The Morgan fingerprint density at radius 2 is 1.00 bits per heavy atom. The van der Waals surface area contributed by atoms with Gasteiger partial charge in [-0.3, -0.25) is 46.9 Å². The number of hydrogen-bond acceptors (Lipinski definition) is 6. The molecule has 0 unspecified atom stereocenters. The van der Waals surface area contributed by atoms with Crippen LogP contribution in [0.5, 0.6) is 0 Å². The van der Waals surface area contributed by atoms with Crippen LogP contribution in [-0.4, -0.2) is 70.5 Å². The molecule has 0 rings (SSSR count). The maximum atomic E-state index is 8.89. The predicted octanol–water partition coefficient (Wildman–Crippen LogP) is -0.795. The summed E-state index contributed by atoms with van der Waals surface area (Å²) in [5.74, 6) is -4.33. The Bertz CT molecular complexity index is 236. The normalized spacial score (nSPS) is 6.75. The maximum absolute atomic E-state index is 8.89. The Morgan fingerprint density at radius 1 is 0.792 bits per heavy atom. The van der Waals surface area contributed by atoms with E-state index in [1.54, 1.807) is 0 Å². The van der Waals surface area contributed by atoms with Gasteiger partial charge in [0.1, 0.15) is 0 Å². The zero-order chi connectivity index (χ0) is 19.8. The summed E-state index contributed by atoms with van der Waals surface area (Å²) in [7, 11) is 0. The molecule has 0 aromatic carbocycles. The minimum absolute atomic E-state index is 0. The van der Waals surface area contributed by atoms with Crippen LogP contribution in [0.4, 0.5) is 0 Å². The minimum atomic E-state index is -1.08. The largest absolute Gasteiger partial charge is 5.00 e. The van der Waals surface area contributed by atoms with E-state index in [0.29, 0.717) is 13.1 Å². The third-order valence-corrected chi connectivity index (χ3v) is 0.623. The van der Waals surface area contributed by atoms with Crippen LogP contribution in [0.1, 0.15) is 0 Å². The summed E-state index contributed by atoms with van der Waals surface area (Å²) in [5, 5.41) is 32.2. The fourth-order valence-electron chi connectivity index (χ4n) is 0.315. The molecule has 0 heterocycles. The second kappa shape index (κ2) is 37.2. The van der Waals surface area contributed by atoms with Crippen molar-refractivity contribution in [3.8, 4) is 0 Å². The summed E-state index contributed by atoms with van der Waals surface area (Å²) in [6.45, 7) is 12.9. The zero-order valence-electron chi connectivity index (χ0n) is 13.0. The van der Waals surface area contributed by atoms with Gasteiger partial charge in [0.15, 0.2) is 23.9 Å². The predicted molar refractivity (Wildman–Crippen MR) is 83.1 cm³/mol. The van der Waals surface area contributed by atoms with Gasteiger partial charge in [0.25, 0.3) is 0 Å². The monoisotopic (exact) mass is 394 g/mol. The summed E-state index contributed by atoms with van der Waals surface area (Å²) in [4.78, 5) is 35.6. The number of nitrogens with two attached hydrogens (primary N) is 1. The molecule has 0 bridgehead atoms. The average molecular weight is 394 g/mol. The minimum Gasteiger partial charge on any atom is -0.676 e. The molecule has 0 amide bonds. The van der Waals surface area contributed by atoms with Crippen LogP contribution in [0.3, 0.4) is 0 Å². The van der Waals surface area contributed by atoms with Crippen LogP contribution in [0.15, 0.2) is 0 Å². The van der Waals surface area contributed by atoms with Crippen molar-refractivity contribution in [1.29, 1.82) is 0 Å². The van der Waals surface area contributed by atoms with Crippen LogP contribution >= 0.6 is 0 Å². The molecule has 12 heteroatoms. The molecule has 11 nitrogen and oxygen atoms in total. The molecule has 0 spiro atoms. The van der Waals surface area contributed by atoms with Crippen molar-refractivity contribution in [2.45, 2.75) is 0 Å². The van der Waals surface area contributed by atoms with Crippen molar-refractivity contribution in [2.24, 2.45) is 5.73 Å². The summed E-state index contributed by atoms with van der Waals surface area (Å²) in [6, 6.07) is 0. The summed E-state index contributed by atoms with van der Waals surface area (Å²) < 4.78 is 0.